The summed E-state index contributed by atoms with van der Waals surface area (Å²) in [6.45, 7) is 0. The molecular weight excluding hydrogens is 366 g/mol. The highest BCUT2D eigenvalue weighted by Crippen LogP contribution is 2.66. The Morgan fingerprint density at radius 2 is 1.13 bits per heavy atom. The van der Waals surface area contributed by atoms with Crippen LogP contribution in [0, 0.1) is 5.92 Å². The zero-order valence-corrected chi connectivity index (χ0v) is 18.7. The Morgan fingerprint density at radius 3 is 1.83 bits per heavy atom. The summed E-state index contributed by atoms with van der Waals surface area (Å²) in [5.41, 5.74) is 5.11. The molecule has 0 saturated carbocycles. The van der Waals surface area contributed by atoms with Gasteiger partial charge in [-0.3, -0.25) is 9.80 Å². The van der Waals surface area contributed by atoms with Crippen molar-refractivity contribution < 1.29 is 0 Å². The van der Waals surface area contributed by atoms with Gasteiger partial charge in [-0.15, -0.1) is 0 Å². The van der Waals surface area contributed by atoms with Gasteiger partial charge in [0.15, 0.2) is 0 Å². The Labute approximate surface area is 182 Å². The molecule has 9 aliphatic heterocycles. The van der Waals surface area contributed by atoms with E-state index in [1.165, 1.54) is 103 Å². The molecule has 9 aliphatic rings. The van der Waals surface area contributed by atoms with Gasteiger partial charge in [-0.1, -0.05) is 0 Å². The molecule has 0 aromatic rings. The molecule has 8 fully saturated rings. The first-order chi connectivity index (χ1) is 14.8. The van der Waals surface area contributed by atoms with E-state index in [2.05, 4.69) is 14.7 Å². The maximum absolute atomic E-state index is 3.17. The Hall–Kier alpha value is -0.540. The molecule has 30 heavy (non-hydrogen) atoms. The average Bonchev–Trinajstić information content (AvgIpc) is 3.57. The minimum atomic E-state index is 0.510. The molecule has 0 bridgehead atoms. The van der Waals surface area contributed by atoms with Crippen molar-refractivity contribution in [3.63, 3.8) is 0 Å². The van der Waals surface area contributed by atoms with E-state index < -0.39 is 0 Å². The molecule has 0 N–H and O–H groups in total. The zero-order chi connectivity index (χ0) is 19.2. The third-order valence-corrected chi connectivity index (χ3v) is 12.5. The fourth-order valence-electron chi connectivity index (χ4n) is 11.8. The maximum atomic E-state index is 3.17. The lowest BCUT2D eigenvalue weighted by atomic mass is 9.73. The quantitative estimate of drug-likeness (QED) is 0.652. The molecule has 3 heteroatoms. The van der Waals surface area contributed by atoms with Crippen LogP contribution in [0.2, 0.25) is 0 Å². The van der Waals surface area contributed by atoms with Gasteiger partial charge in [0.1, 0.15) is 0 Å². The summed E-state index contributed by atoms with van der Waals surface area (Å²) in [4.78, 5) is 9.40. The highest BCUT2D eigenvalue weighted by molar-refractivity contribution is 5.43. The molecule has 0 amide bonds. The van der Waals surface area contributed by atoms with Crippen LogP contribution in [0.3, 0.4) is 0 Å². The Balaban J connectivity index is 1.21. The van der Waals surface area contributed by atoms with E-state index in [0.29, 0.717) is 11.1 Å². The van der Waals surface area contributed by atoms with Crippen molar-refractivity contribution in [2.75, 3.05) is 0 Å². The zero-order valence-electron chi connectivity index (χ0n) is 18.7. The molecule has 0 aromatic carbocycles. The van der Waals surface area contributed by atoms with E-state index in [0.717, 1.165) is 42.2 Å². The van der Waals surface area contributed by atoms with Gasteiger partial charge in [0, 0.05) is 58.9 Å². The summed E-state index contributed by atoms with van der Waals surface area (Å²) in [5.74, 6) is 0.894. The third kappa shape index (κ3) is 1.70. The summed E-state index contributed by atoms with van der Waals surface area (Å²) in [6.07, 6.45) is 24.2. The molecule has 3 unspecified atom stereocenters. The fraction of sp³-hybridized carbons (Fsp3) is 0.926. The van der Waals surface area contributed by atoms with Crippen molar-refractivity contribution in [1.82, 2.24) is 14.7 Å². The summed E-state index contributed by atoms with van der Waals surface area (Å²) in [7, 11) is 0. The second-order valence-corrected chi connectivity index (χ2v) is 13.0. The Bertz CT molecular complexity index is 813. The van der Waals surface area contributed by atoms with E-state index >= 15 is 0 Å². The van der Waals surface area contributed by atoms with Crippen molar-refractivity contribution in [3.8, 4) is 0 Å². The van der Waals surface area contributed by atoms with Crippen LogP contribution in [-0.4, -0.2) is 62.0 Å². The van der Waals surface area contributed by atoms with Crippen molar-refractivity contribution in [2.24, 2.45) is 5.92 Å². The van der Waals surface area contributed by atoms with Crippen LogP contribution >= 0.6 is 0 Å². The largest absolute Gasteiger partial charge is 0.368 e. The molecule has 0 aliphatic carbocycles. The molecule has 9 atom stereocenters. The van der Waals surface area contributed by atoms with Crippen LogP contribution in [0.4, 0.5) is 0 Å². The minimum absolute atomic E-state index is 0.510. The highest BCUT2D eigenvalue weighted by Gasteiger charge is 2.67. The third-order valence-electron chi connectivity index (χ3n) is 12.5. The van der Waals surface area contributed by atoms with Crippen LogP contribution in [-0.2, 0) is 0 Å². The van der Waals surface area contributed by atoms with Crippen molar-refractivity contribution in [1.29, 1.82) is 0 Å². The lowest BCUT2D eigenvalue weighted by Crippen LogP contribution is -2.49. The molecule has 9 heterocycles. The number of hydrogen-bond donors (Lipinski definition) is 0. The first kappa shape index (κ1) is 17.0. The van der Waals surface area contributed by atoms with Crippen molar-refractivity contribution in [3.05, 3.63) is 11.3 Å². The van der Waals surface area contributed by atoms with E-state index in [1.807, 2.05) is 11.3 Å². The molecule has 3 nitrogen and oxygen atoms in total. The Morgan fingerprint density at radius 1 is 0.567 bits per heavy atom. The van der Waals surface area contributed by atoms with Crippen LogP contribution in [0.15, 0.2) is 11.3 Å². The molecule has 0 radical (unpaired) electrons. The lowest BCUT2D eigenvalue weighted by Gasteiger charge is -2.43. The minimum Gasteiger partial charge on any atom is -0.368 e. The normalized spacial score (nSPS) is 58.0. The molecule has 162 valence electrons. The molecular formula is C27H39N3. The van der Waals surface area contributed by atoms with Crippen LogP contribution in [0.25, 0.3) is 0 Å². The van der Waals surface area contributed by atoms with Gasteiger partial charge in [-0.2, -0.15) is 0 Å². The maximum Gasteiger partial charge on any atom is 0.0448 e. The topological polar surface area (TPSA) is 9.72 Å². The van der Waals surface area contributed by atoms with Crippen molar-refractivity contribution >= 4 is 0 Å². The summed E-state index contributed by atoms with van der Waals surface area (Å²) in [6, 6.07) is 5.60. The van der Waals surface area contributed by atoms with Gasteiger partial charge in [-0.25, -0.2) is 0 Å². The van der Waals surface area contributed by atoms with Crippen LogP contribution in [0.5, 0.6) is 0 Å². The first-order valence-corrected chi connectivity index (χ1v) is 13.9. The van der Waals surface area contributed by atoms with Gasteiger partial charge >= 0.3 is 0 Å². The van der Waals surface area contributed by atoms with E-state index in [1.54, 1.807) is 0 Å². The summed E-state index contributed by atoms with van der Waals surface area (Å²) in [5, 5.41) is 0. The smallest absolute Gasteiger partial charge is 0.0448 e. The second-order valence-electron chi connectivity index (χ2n) is 13.0. The van der Waals surface area contributed by atoms with Gasteiger partial charge in [0.05, 0.1) is 0 Å². The number of rotatable bonds is 2. The first-order valence-electron chi connectivity index (χ1n) is 13.9. The molecule has 0 aromatic heterocycles. The Kier molecular flexibility index (Phi) is 3.02. The van der Waals surface area contributed by atoms with E-state index in [-0.39, 0.29) is 0 Å². The van der Waals surface area contributed by atoms with Gasteiger partial charge in [-0.05, 0) is 108 Å². The van der Waals surface area contributed by atoms with Gasteiger partial charge in [0.25, 0.3) is 0 Å². The fourth-order valence-corrected chi connectivity index (χ4v) is 11.8. The summed E-state index contributed by atoms with van der Waals surface area (Å²) < 4.78 is 0. The van der Waals surface area contributed by atoms with Gasteiger partial charge in [0.2, 0.25) is 0 Å². The number of hydrogen-bond acceptors (Lipinski definition) is 3. The van der Waals surface area contributed by atoms with Gasteiger partial charge < -0.3 is 4.90 Å². The molecule has 0 spiro atoms. The summed E-state index contributed by atoms with van der Waals surface area (Å²) >= 11 is 0. The second kappa shape index (κ2) is 5.33. The number of nitrogens with zero attached hydrogens (tertiary/aromatic N) is 3. The highest BCUT2D eigenvalue weighted by atomic mass is 15.4. The van der Waals surface area contributed by atoms with Crippen LogP contribution < -0.4 is 0 Å². The molecule has 9 rings (SSSR count). The monoisotopic (exact) mass is 405 g/mol. The van der Waals surface area contributed by atoms with Crippen LogP contribution in [0.1, 0.15) is 103 Å². The SMILES string of the molecule is C1C[C@H]2CC(C34CC[C@H]5CC[C@@H](CC3)N54)=C3C(C45CC[C@H]6CC[C@@H](CC4)N65)C[C@@H]1N32. The predicted molar refractivity (Wildman–Crippen MR) is 118 cm³/mol. The lowest BCUT2D eigenvalue weighted by molar-refractivity contribution is 0.0968. The average molecular weight is 406 g/mol. The standard InChI is InChI=1S/C27H39N3/c1-2-18-8-12-26(11-7-17(1)29(18)26)23-15-21-5-6-22-16-24(25(23)28(21)22)27-13-9-19-3-4-20(10-14-27)30(19)27/h17-23H,1-16H2/t17-,18+,19-,20+,21-,22+,23?,26?,27?/m1/s1. The van der Waals surface area contributed by atoms with E-state index in [4.69, 9.17) is 0 Å². The predicted octanol–water partition coefficient (Wildman–Crippen LogP) is 4.82. The molecule has 8 saturated heterocycles. The van der Waals surface area contributed by atoms with Crippen molar-refractivity contribution in [2.45, 2.75) is 150 Å². The van der Waals surface area contributed by atoms with E-state index in [9.17, 15) is 0 Å².